The van der Waals surface area contributed by atoms with E-state index in [2.05, 4.69) is 10.6 Å². The molecule has 3 amide bonds. The predicted octanol–water partition coefficient (Wildman–Crippen LogP) is 6.73. The van der Waals surface area contributed by atoms with E-state index < -0.39 is 35.7 Å². The third-order valence-electron chi connectivity index (χ3n) is 6.18. The van der Waals surface area contributed by atoms with Gasteiger partial charge in [0, 0.05) is 17.8 Å². The fraction of sp³-hybridized carbons (Fsp3) is 0.222. The molecular weight excluding hydrogens is 523 g/mol. The summed E-state index contributed by atoms with van der Waals surface area (Å²) in [6.07, 6.45) is -4.77. The highest BCUT2D eigenvalue weighted by Crippen LogP contribution is 2.40. The van der Waals surface area contributed by atoms with Crippen molar-refractivity contribution in [1.29, 1.82) is 0 Å². The molecule has 198 valence electrons. The molecule has 11 heteroatoms. The van der Waals surface area contributed by atoms with Crippen molar-refractivity contribution >= 4 is 40.9 Å². The van der Waals surface area contributed by atoms with Gasteiger partial charge in [-0.05, 0) is 52.9 Å². The normalized spacial score (nSPS) is 13.9. The van der Waals surface area contributed by atoms with Crippen LogP contribution in [0.3, 0.4) is 0 Å². The maximum Gasteiger partial charge on any atom is 0.417 e. The lowest BCUT2D eigenvalue weighted by Crippen LogP contribution is -2.44. The van der Waals surface area contributed by atoms with Crippen LogP contribution in [-0.4, -0.2) is 34.0 Å². The summed E-state index contributed by atoms with van der Waals surface area (Å²) in [4.78, 5) is 38.3. The van der Waals surface area contributed by atoms with Crippen LogP contribution in [0.2, 0.25) is 5.02 Å². The van der Waals surface area contributed by atoms with Crippen LogP contribution in [-0.2, 0) is 17.5 Å². The maximum absolute atomic E-state index is 14.1. The second-order valence-corrected chi connectivity index (χ2v) is 9.56. The third kappa shape index (κ3) is 5.45. The lowest BCUT2D eigenvalue weighted by molar-refractivity contribution is -0.144. The molecule has 0 saturated heterocycles. The first-order valence-corrected chi connectivity index (χ1v) is 12.0. The molecule has 0 unspecified atom stereocenters. The number of carbonyl (C=O) groups is 3. The Balaban J connectivity index is 1.63. The predicted molar refractivity (Wildman–Crippen MR) is 137 cm³/mol. The first kappa shape index (κ1) is 27.0. The number of carboxylic acid groups (broad SMARTS) is 1. The number of aliphatic carboxylic acids is 1. The number of para-hydroxylation sites is 1. The minimum Gasteiger partial charge on any atom is -0.480 e. The molecule has 0 saturated carbocycles. The van der Waals surface area contributed by atoms with E-state index >= 15 is 0 Å². The smallest absolute Gasteiger partial charge is 0.417 e. The number of fused-ring (bicyclic) bond motifs is 1. The van der Waals surface area contributed by atoms with Crippen molar-refractivity contribution in [2.45, 2.75) is 32.6 Å². The number of rotatable bonds is 6. The largest absolute Gasteiger partial charge is 0.480 e. The number of benzene rings is 3. The Bertz CT molecular complexity index is 1420. The number of amides is 3. The molecular formula is C27H23ClF3N3O4. The number of nitrogens with one attached hydrogen (secondary N) is 2. The Kier molecular flexibility index (Phi) is 7.37. The molecule has 0 spiro atoms. The summed E-state index contributed by atoms with van der Waals surface area (Å²) in [5, 5.41) is 14.7. The summed E-state index contributed by atoms with van der Waals surface area (Å²) in [6.45, 7) is 3.42. The standard InChI is InChI=1S/C27H23ClF3N3O4/c1-14(2)23(25(36)37)34-13-16-8-7-15(11-19(16)24(34)35)18-10-9-17(12-20(18)27(29,30)31)32-26(38)33-22-6-4-3-5-21(22)28/h3-12,14,23H,13H2,1-2H3,(H,36,37)(H2,32,33,38)/t23-/m0/s1. The lowest BCUT2D eigenvalue weighted by atomic mass is 9.95. The number of nitrogens with zero attached hydrogens (tertiary/aromatic N) is 1. The Morgan fingerprint density at radius 2 is 1.71 bits per heavy atom. The van der Waals surface area contributed by atoms with Gasteiger partial charge in [-0.3, -0.25) is 4.79 Å². The van der Waals surface area contributed by atoms with E-state index in [0.29, 0.717) is 11.3 Å². The van der Waals surface area contributed by atoms with Gasteiger partial charge in [-0.25, -0.2) is 9.59 Å². The topological polar surface area (TPSA) is 98.7 Å². The molecule has 3 N–H and O–H groups in total. The Hall–Kier alpha value is -4.05. The van der Waals surface area contributed by atoms with Crippen LogP contribution in [0.4, 0.5) is 29.3 Å². The fourth-order valence-electron chi connectivity index (χ4n) is 4.45. The molecule has 1 aliphatic rings. The quantitative estimate of drug-likeness (QED) is 0.319. The van der Waals surface area contributed by atoms with Gasteiger partial charge in [0.1, 0.15) is 6.04 Å². The van der Waals surface area contributed by atoms with Crippen LogP contribution in [0.1, 0.15) is 35.3 Å². The molecule has 3 aromatic carbocycles. The van der Waals surface area contributed by atoms with E-state index in [0.717, 1.165) is 6.07 Å². The van der Waals surface area contributed by atoms with Crippen LogP contribution in [0.5, 0.6) is 0 Å². The van der Waals surface area contributed by atoms with Crippen LogP contribution < -0.4 is 10.6 Å². The summed E-state index contributed by atoms with van der Waals surface area (Å²) in [5.41, 5.74) is -0.190. The number of hydrogen-bond acceptors (Lipinski definition) is 3. The zero-order valence-corrected chi connectivity index (χ0v) is 21.0. The summed E-state index contributed by atoms with van der Waals surface area (Å²) in [7, 11) is 0. The molecule has 1 heterocycles. The minimum absolute atomic E-state index is 0.0547. The molecule has 0 bridgehead atoms. The number of carboxylic acids is 1. The first-order chi connectivity index (χ1) is 17.9. The van der Waals surface area contributed by atoms with Crippen LogP contribution in [0, 0.1) is 5.92 Å². The van der Waals surface area contributed by atoms with Gasteiger partial charge >= 0.3 is 18.2 Å². The Morgan fingerprint density at radius 3 is 2.34 bits per heavy atom. The monoisotopic (exact) mass is 545 g/mol. The highest BCUT2D eigenvalue weighted by Gasteiger charge is 2.39. The number of anilines is 2. The van der Waals surface area contributed by atoms with Crippen LogP contribution in [0.15, 0.2) is 60.7 Å². The molecule has 1 atom stereocenters. The number of hydrogen-bond donors (Lipinski definition) is 3. The van der Waals surface area contributed by atoms with Gasteiger partial charge in [0.25, 0.3) is 5.91 Å². The fourth-order valence-corrected chi connectivity index (χ4v) is 4.63. The molecule has 0 aliphatic carbocycles. The second kappa shape index (κ2) is 10.4. The zero-order chi connectivity index (χ0) is 27.8. The highest BCUT2D eigenvalue weighted by atomic mass is 35.5. The first-order valence-electron chi connectivity index (χ1n) is 11.6. The van der Waals surface area contributed by atoms with Crippen molar-refractivity contribution in [2.75, 3.05) is 10.6 Å². The zero-order valence-electron chi connectivity index (χ0n) is 20.3. The average molecular weight is 546 g/mol. The van der Waals surface area contributed by atoms with Crippen molar-refractivity contribution in [2.24, 2.45) is 5.92 Å². The van der Waals surface area contributed by atoms with E-state index in [-0.39, 0.29) is 39.9 Å². The van der Waals surface area contributed by atoms with Gasteiger partial charge in [0.15, 0.2) is 0 Å². The van der Waals surface area contributed by atoms with E-state index in [9.17, 15) is 32.7 Å². The van der Waals surface area contributed by atoms with Crippen molar-refractivity contribution < 1.29 is 32.7 Å². The second-order valence-electron chi connectivity index (χ2n) is 9.15. The Morgan fingerprint density at radius 1 is 1.00 bits per heavy atom. The maximum atomic E-state index is 14.1. The number of urea groups is 1. The van der Waals surface area contributed by atoms with Gasteiger partial charge in [-0.1, -0.05) is 55.8 Å². The van der Waals surface area contributed by atoms with Gasteiger partial charge in [-0.15, -0.1) is 0 Å². The van der Waals surface area contributed by atoms with Gasteiger partial charge in [0.05, 0.1) is 16.3 Å². The molecule has 7 nitrogen and oxygen atoms in total. The van der Waals surface area contributed by atoms with E-state index in [4.69, 9.17) is 11.6 Å². The van der Waals surface area contributed by atoms with Gasteiger partial charge in [-0.2, -0.15) is 13.2 Å². The summed E-state index contributed by atoms with van der Waals surface area (Å²) in [5.74, 6) is -2.06. The third-order valence-corrected chi connectivity index (χ3v) is 6.51. The molecule has 0 radical (unpaired) electrons. The number of carbonyl (C=O) groups excluding carboxylic acids is 2. The molecule has 0 fully saturated rings. The van der Waals surface area contributed by atoms with Gasteiger partial charge in [0.2, 0.25) is 0 Å². The van der Waals surface area contributed by atoms with Crippen molar-refractivity contribution in [3.8, 4) is 11.1 Å². The minimum atomic E-state index is -4.77. The van der Waals surface area contributed by atoms with E-state index in [1.165, 1.54) is 35.2 Å². The average Bonchev–Trinajstić information content (AvgIpc) is 3.14. The molecule has 38 heavy (non-hydrogen) atoms. The Labute approximate surface area is 221 Å². The lowest BCUT2D eigenvalue weighted by Gasteiger charge is -2.27. The number of halogens is 4. The molecule has 0 aromatic heterocycles. The summed E-state index contributed by atoms with van der Waals surface area (Å²) < 4.78 is 42.2. The van der Waals surface area contributed by atoms with Crippen LogP contribution >= 0.6 is 11.6 Å². The SMILES string of the molecule is CC(C)[C@@H](C(=O)O)N1Cc2ccc(-c3ccc(NC(=O)Nc4ccccc4Cl)cc3C(F)(F)F)cc2C1=O. The molecule has 3 aromatic rings. The van der Waals surface area contributed by atoms with Crippen molar-refractivity contribution in [3.63, 3.8) is 0 Å². The van der Waals surface area contributed by atoms with Gasteiger partial charge < -0.3 is 20.6 Å². The number of alkyl halides is 3. The van der Waals surface area contributed by atoms with E-state index in [1.807, 2.05) is 0 Å². The highest BCUT2D eigenvalue weighted by molar-refractivity contribution is 6.33. The molecule has 4 rings (SSSR count). The van der Waals surface area contributed by atoms with E-state index in [1.54, 1.807) is 38.1 Å². The van der Waals surface area contributed by atoms with Crippen molar-refractivity contribution in [1.82, 2.24) is 4.90 Å². The summed E-state index contributed by atoms with van der Waals surface area (Å²) in [6, 6.07) is 12.2. The van der Waals surface area contributed by atoms with Crippen LogP contribution in [0.25, 0.3) is 11.1 Å². The molecule has 1 aliphatic heterocycles. The summed E-state index contributed by atoms with van der Waals surface area (Å²) >= 11 is 6.01. The van der Waals surface area contributed by atoms with Crippen molar-refractivity contribution in [3.05, 3.63) is 82.4 Å².